The average molecular weight is 494 g/mol. The number of carbonyl (C=O) groups excluding carboxylic acids is 2. The van der Waals surface area contributed by atoms with E-state index < -0.39 is 0 Å². The molecule has 0 saturated carbocycles. The van der Waals surface area contributed by atoms with Crippen LogP contribution in [-0.4, -0.2) is 57.1 Å². The minimum absolute atomic E-state index is 0.0192. The maximum atomic E-state index is 13.0. The SMILES string of the molecule is COc1ccc(C(=O)Nc2cccc(Cl)c2N2CCN(C(=O)c3ccc(C)cc3)CC2)cc1OC. The zero-order valence-corrected chi connectivity index (χ0v) is 20.8. The van der Waals surface area contributed by atoms with E-state index in [1.165, 1.54) is 7.11 Å². The van der Waals surface area contributed by atoms with Crippen LogP contribution in [0.5, 0.6) is 11.5 Å². The lowest BCUT2D eigenvalue weighted by atomic mass is 10.1. The van der Waals surface area contributed by atoms with Gasteiger partial charge in [-0.15, -0.1) is 0 Å². The molecule has 3 aromatic carbocycles. The van der Waals surface area contributed by atoms with Crippen LogP contribution in [0.3, 0.4) is 0 Å². The predicted octanol–water partition coefficient (Wildman–Crippen LogP) is 4.88. The van der Waals surface area contributed by atoms with Crippen LogP contribution in [0, 0.1) is 6.92 Å². The third-order valence-electron chi connectivity index (χ3n) is 6.06. The maximum Gasteiger partial charge on any atom is 0.255 e. The summed E-state index contributed by atoms with van der Waals surface area (Å²) in [6.45, 7) is 4.31. The summed E-state index contributed by atoms with van der Waals surface area (Å²) in [5.74, 6) is 0.750. The van der Waals surface area contributed by atoms with E-state index >= 15 is 0 Å². The van der Waals surface area contributed by atoms with E-state index in [4.69, 9.17) is 21.1 Å². The molecule has 0 radical (unpaired) electrons. The summed E-state index contributed by atoms with van der Waals surface area (Å²) in [5.41, 5.74) is 3.58. The molecule has 0 spiro atoms. The molecule has 1 N–H and O–H groups in total. The molecule has 4 rings (SSSR count). The maximum absolute atomic E-state index is 13.0. The number of benzene rings is 3. The molecule has 7 nitrogen and oxygen atoms in total. The fraction of sp³-hybridized carbons (Fsp3) is 0.259. The lowest BCUT2D eigenvalue weighted by molar-refractivity contribution is 0.0746. The highest BCUT2D eigenvalue weighted by Gasteiger charge is 2.25. The number of hydrogen-bond acceptors (Lipinski definition) is 5. The highest BCUT2D eigenvalue weighted by Crippen LogP contribution is 2.35. The Balaban J connectivity index is 1.49. The molecule has 0 aliphatic carbocycles. The summed E-state index contributed by atoms with van der Waals surface area (Å²) in [4.78, 5) is 29.9. The molecule has 0 bridgehead atoms. The molecule has 8 heteroatoms. The number of amides is 2. The number of aryl methyl sites for hydroxylation is 1. The Bertz CT molecular complexity index is 1220. The summed E-state index contributed by atoms with van der Waals surface area (Å²) in [7, 11) is 3.07. The van der Waals surface area contributed by atoms with Gasteiger partial charge in [0.25, 0.3) is 11.8 Å². The van der Waals surface area contributed by atoms with Crippen molar-refractivity contribution in [2.24, 2.45) is 0 Å². The Labute approximate surface area is 210 Å². The number of rotatable bonds is 6. The van der Waals surface area contributed by atoms with Crippen LogP contribution in [-0.2, 0) is 0 Å². The number of ether oxygens (including phenoxy) is 2. The van der Waals surface area contributed by atoms with Crippen LogP contribution in [0.4, 0.5) is 11.4 Å². The summed E-state index contributed by atoms with van der Waals surface area (Å²) in [6.07, 6.45) is 0. The molecule has 0 unspecified atom stereocenters. The summed E-state index contributed by atoms with van der Waals surface area (Å²) in [6, 6.07) is 18.0. The van der Waals surface area contributed by atoms with Gasteiger partial charge in [-0.3, -0.25) is 9.59 Å². The quantitative estimate of drug-likeness (QED) is 0.530. The number of para-hydroxylation sites is 1. The number of halogens is 1. The van der Waals surface area contributed by atoms with Crippen molar-refractivity contribution >= 4 is 34.8 Å². The zero-order valence-electron chi connectivity index (χ0n) is 20.0. The second-order valence-electron chi connectivity index (χ2n) is 8.31. The number of anilines is 2. The molecule has 1 fully saturated rings. The standard InChI is InChI=1S/C27H28ClN3O4/c1-18-7-9-19(10-8-18)27(33)31-15-13-30(14-16-31)25-21(28)5-4-6-22(25)29-26(32)20-11-12-23(34-2)24(17-20)35-3/h4-12,17H,13-16H2,1-3H3,(H,29,32). The molecule has 2 amide bonds. The third-order valence-corrected chi connectivity index (χ3v) is 6.37. The van der Waals surface area contributed by atoms with E-state index in [1.54, 1.807) is 37.4 Å². The van der Waals surface area contributed by atoms with Crippen LogP contribution in [0.25, 0.3) is 0 Å². The highest BCUT2D eigenvalue weighted by atomic mass is 35.5. The van der Waals surface area contributed by atoms with Crippen molar-refractivity contribution < 1.29 is 19.1 Å². The van der Waals surface area contributed by atoms with Gasteiger partial charge in [-0.2, -0.15) is 0 Å². The summed E-state index contributed by atoms with van der Waals surface area (Å²) in [5, 5.41) is 3.51. The molecule has 1 aliphatic heterocycles. The summed E-state index contributed by atoms with van der Waals surface area (Å²) < 4.78 is 10.6. The van der Waals surface area contributed by atoms with Crippen molar-refractivity contribution in [1.29, 1.82) is 0 Å². The van der Waals surface area contributed by atoms with Crippen molar-refractivity contribution in [2.75, 3.05) is 50.6 Å². The first-order valence-electron chi connectivity index (χ1n) is 11.3. The summed E-state index contributed by atoms with van der Waals surface area (Å²) >= 11 is 6.58. The monoisotopic (exact) mass is 493 g/mol. The first-order valence-corrected chi connectivity index (χ1v) is 11.7. The second kappa shape index (κ2) is 10.7. The van der Waals surface area contributed by atoms with Crippen molar-refractivity contribution in [1.82, 2.24) is 4.90 Å². The molecular weight excluding hydrogens is 466 g/mol. The number of nitrogens with one attached hydrogen (secondary N) is 1. The van der Waals surface area contributed by atoms with E-state index in [0.29, 0.717) is 59.5 Å². The van der Waals surface area contributed by atoms with E-state index in [-0.39, 0.29) is 11.8 Å². The zero-order chi connectivity index (χ0) is 24.9. The molecular formula is C27H28ClN3O4. The predicted molar refractivity (Wildman–Crippen MR) is 138 cm³/mol. The van der Waals surface area contributed by atoms with Gasteiger partial charge in [0.2, 0.25) is 0 Å². The highest BCUT2D eigenvalue weighted by molar-refractivity contribution is 6.34. The minimum Gasteiger partial charge on any atom is -0.493 e. The first kappa shape index (κ1) is 24.4. The number of piperazine rings is 1. The molecule has 35 heavy (non-hydrogen) atoms. The smallest absolute Gasteiger partial charge is 0.255 e. The van der Waals surface area contributed by atoms with Gasteiger partial charge >= 0.3 is 0 Å². The van der Waals surface area contributed by atoms with Gasteiger partial charge in [0.15, 0.2) is 11.5 Å². The number of carbonyl (C=O) groups is 2. The Hall–Kier alpha value is -3.71. The largest absolute Gasteiger partial charge is 0.493 e. The van der Waals surface area contributed by atoms with Crippen LogP contribution in [0.15, 0.2) is 60.7 Å². The van der Waals surface area contributed by atoms with Crippen LogP contribution in [0.1, 0.15) is 26.3 Å². The molecule has 1 saturated heterocycles. The van der Waals surface area contributed by atoms with Crippen LogP contribution < -0.4 is 19.7 Å². The molecule has 3 aromatic rings. The number of hydrogen-bond donors (Lipinski definition) is 1. The normalized spacial score (nSPS) is 13.4. The van der Waals surface area contributed by atoms with Gasteiger partial charge in [-0.25, -0.2) is 0 Å². The van der Waals surface area contributed by atoms with Crippen molar-refractivity contribution in [2.45, 2.75) is 6.92 Å². The van der Waals surface area contributed by atoms with E-state index in [1.807, 2.05) is 42.2 Å². The van der Waals surface area contributed by atoms with E-state index in [2.05, 4.69) is 10.2 Å². The molecule has 1 heterocycles. The molecule has 0 atom stereocenters. The second-order valence-corrected chi connectivity index (χ2v) is 8.71. The number of nitrogens with zero attached hydrogens (tertiary/aromatic N) is 2. The van der Waals surface area contributed by atoms with Crippen molar-refractivity contribution in [3.8, 4) is 11.5 Å². The van der Waals surface area contributed by atoms with Gasteiger partial charge in [0.1, 0.15) is 0 Å². The Morgan fingerprint density at radius 3 is 2.17 bits per heavy atom. The Kier molecular flexibility index (Phi) is 7.46. The molecule has 182 valence electrons. The Morgan fingerprint density at radius 1 is 0.857 bits per heavy atom. The van der Waals surface area contributed by atoms with Crippen LogP contribution >= 0.6 is 11.6 Å². The third kappa shape index (κ3) is 5.35. The fourth-order valence-electron chi connectivity index (χ4n) is 4.12. The van der Waals surface area contributed by atoms with E-state index in [9.17, 15) is 9.59 Å². The van der Waals surface area contributed by atoms with Gasteiger partial charge in [-0.1, -0.05) is 35.4 Å². The topological polar surface area (TPSA) is 71.1 Å². The average Bonchev–Trinajstić information content (AvgIpc) is 2.88. The molecule has 0 aromatic heterocycles. The lowest BCUT2D eigenvalue weighted by Crippen LogP contribution is -2.49. The van der Waals surface area contributed by atoms with Crippen molar-refractivity contribution in [3.05, 3.63) is 82.4 Å². The van der Waals surface area contributed by atoms with Gasteiger partial charge < -0.3 is 24.6 Å². The van der Waals surface area contributed by atoms with E-state index in [0.717, 1.165) is 11.3 Å². The Morgan fingerprint density at radius 2 is 1.51 bits per heavy atom. The van der Waals surface area contributed by atoms with Crippen LogP contribution in [0.2, 0.25) is 5.02 Å². The van der Waals surface area contributed by atoms with Crippen molar-refractivity contribution in [3.63, 3.8) is 0 Å². The van der Waals surface area contributed by atoms with Gasteiger partial charge in [0.05, 0.1) is 30.6 Å². The van der Waals surface area contributed by atoms with Gasteiger partial charge in [-0.05, 0) is 49.4 Å². The van der Waals surface area contributed by atoms with Gasteiger partial charge in [0, 0.05) is 37.3 Å². The first-order chi connectivity index (χ1) is 16.9. The lowest BCUT2D eigenvalue weighted by Gasteiger charge is -2.37. The number of methoxy groups -OCH3 is 2. The fourth-order valence-corrected chi connectivity index (χ4v) is 4.42. The minimum atomic E-state index is -0.289. The molecule has 1 aliphatic rings.